The molecule has 0 spiro atoms. The number of fused-ring (bicyclic) bond motifs is 1. The number of hydrogen-bond donors (Lipinski definition) is 2. The topological polar surface area (TPSA) is 62.7 Å². The van der Waals surface area contributed by atoms with E-state index in [1.807, 2.05) is 49.4 Å². The third-order valence-electron chi connectivity index (χ3n) is 4.21. The zero-order chi connectivity index (χ0) is 19.5. The number of nitrogens with zero attached hydrogens (tertiary/aromatic N) is 3. The Labute approximate surface area is 172 Å². The fourth-order valence-electron chi connectivity index (χ4n) is 2.96. The first kappa shape index (κ1) is 18.5. The van der Waals surface area contributed by atoms with Gasteiger partial charge in [-0.15, -0.1) is 0 Å². The first-order valence-corrected chi connectivity index (χ1v) is 9.48. The van der Waals surface area contributed by atoms with Gasteiger partial charge in [0.1, 0.15) is 5.82 Å². The first-order chi connectivity index (χ1) is 13.6. The van der Waals surface area contributed by atoms with Crippen LogP contribution in [0.15, 0.2) is 60.8 Å². The van der Waals surface area contributed by atoms with Crippen molar-refractivity contribution in [3.05, 3.63) is 82.4 Å². The van der Waals surface area contributed by atoms with Crippen molar-refractivity contribution in [3.8, 4) is 0 Å². The summed E-state index contributed by atoms with van der Waals surface area (Å²) in [6.45, 7) is 2.50. The lowest BCUT2D eigenvalue weighted by Gasteiger charge is -2.12. The predicted molar refractivity (Wildman–Crippen MR) is 116 cm³/mol. The second-order valence-electron chi connectivity index (χ2n) is 6.36. The maximum atomic E-state index is 6.07. The zero-order valence-electron chi connectivity index (χ0n) is 15.1. The van der Waals surface area contributed by atoms with E-state index in [4.69, 9.17) is 23.2 Å². The minimum absolute atomic E-state index is 0.239. The SMILES string of the molecule is Cc1cc(NCc2cccc(Nc3ccnc4cc(Cl)ccc34)c2)nc(Cl)n1. The summed E-state index contributed by atoms with van der Waals surface area (Å²) in [7, 11) is 0. The summed E-state index contributed by atoms with van der Waals surface area (Å²) in [4.78, 5) is 12.6. The molecule has 0 radical (unpaired) electrons. The number of nitrogens with one attached hydrogen (secondary N) is 2. The van der Waals surface area contributed by atoms with E-state index in [0.29, 0.717) is 17.4 Å². The Morgan fingerprint density at radius 1 is 0.964 bits per heavy atom. The molecule has 2 heterocycles. The van der Waals surface area contributed by atoms with E-state index in [-0.39, 0.29) is 5.28 Å². The van der Waals surface area contributed by atoms with Gasteiger partial charge in [0.25, 0.3) is 0 Å². The Kier molecular flexibility index (Phi) is 5.28. The molecule has 0 aliphatic rings. The van der Waals surface area contributed by atoms with E-state index in [1.54, 1.807) is 6.20 Å². The number of halogens is 2. The molecule has 0 aliphatic heterocycles. The molecule has 0 saturated carbocycles. The fraction of sp³-hybridized carbons (Fsp3) is 0.0952. The fourth-order valence-corrected chi connectivity index (χ4v) is 3.35. The maximum absolute atomic E-state index is 6.07. The minimum atomic E-state index is 0.239. The molecule has 0 aliphatic carbocycles. The molecule has 0 atom stereocenters. The molecular formula is C21H17Cl2N5. The van der Waals surface area contributed by atoms with Gasteiger partial charge < -0.3 is 10.6 Å². The van der Waals surface area contributed by atoms with Crippen LogP contribution in [0.1, 0.15) is 11.3 Å². The molecule has 2 N–H and O–H groups in total. The predicted octanol–water partition coefficient (Wildman–Crippen LogP) is 6.00. The monoisotopic (exact) mass is 409 g/mol. The number of anilines is 3. The van der Waals surface area contributed by atoms with Crippen molar-refractivity contribution in [2.75, 3.05) is 10.6 Å². The Balaban J connectivity index is 1.53. The highest BCUT2D eigenvalue weighted by Gasteiger charge is 2.05. The van der Waals surface area contributed by atoms with E-state index < -0.39 is 0 Å². The zero-order valence-corrected chi connectivity index (χ0v) is 16.6. The largest absolute Gasteiger partial charge is 0.366 e. The van der Waals surface area contributed by atoms with Crippen LogP contribution in [0.2, 0.25) is 10.3 Å². The second kappa shape index (κ2) is 8.00. The summed E-state index contributed by atoms with van der Waals surface area (Å²) in [5.74, 6) is 0.702. The summed E-state index contributed by atoms with van der Waals surface area (Å²) in [5, 5.41) is 8.67. The van der Waals surface area contributed by atoms with Crippen LogP contribution in [0.25, 0.3) is 10.9 Å². The van der Waals surface area contributed by atoms with Crippen LogP contribution in [0.3, 0.4) is 0 Å². The molecule has 28 heavy (non-hydrogen) atoms. The molecular weight excluding hydrogens is 393 g/mol. The average Bonchev–Trinajstić information content (AvgIpc) is 2.66. The van der Waals surface area contributed by atoms with Gasteiger partial charge in [0.2, 0.25) is 5.28 Å². The average molecular weight is 410 g/mol. The molecule has 0 unspecified atom stereocenters. The molecule has 5 nitrogen and oxygen atoms in total. The summed E-state index contributed by atoms with van der Waals surface area (Å²) in [5.41, 5.74) is 4.75. The van der Waals surface area contributed by atoms with Gasteiger partial charge in [-0.3, -0.25) is 4.98 Å². The lowest BCUT2D eigenvalue weighted by Crippen LogP contribution is -2.03. The van der Waals surface area contributed by atoms with Gasteiger partial charge in [0, 0.05) is 46.3 Å². The quantitative estimate of drug-likeness (QED) is 0.396. The third kappa shape index (κ3) is 4.32. The molecule has 4 rings (SSSR count). The Bertz CT molecular complexity index is 1130. The lowest BCUT2D eigenvalue weighted by molar-refractivity contribution is 1.05. The molecule has 2 aromatic carbocycles. The van der Waals surface area contributed by atoms with Crippen molar-refractivity contribution in [2.45, 2.75) is 13.5 Å². The molecule has 0 fully saturated rings. The summed E-state index contributed by atoms with van der Waals surface area (Å²) >= 11 is 12.0. The van der Waals surface area contributed by atoms with Crippen LogP contribution in [0.4, 0.5) is 17.2 Å². The number of aryl methyl sites for hydroxylation is 1. The number of pyridine rings is 1. The standard InChI is InChI=1S/C21H17Cl2N5/c1-13-9-20(28-21(23)26-13)25-12-14-3-2-4-16(10-14)27-18-7-8-24-19-11-15(22)5-6-17(18)19/h2-11H,12H2,1H3,(H,24,27)(H,25,26,28). The van der Waals surface area contributed by atoms with Crippen LogP contribution < -0.4 is 10.6 Å². The second-order valence-corrected chi connectivity index (χ2v) is 7.14. The van der Waals surface area contributed by atoms with Gasteiger partial charge in [0.05, 0.1) is 5.52 Å². The number of rotatable bonds is 5. The van der Waals surface area contributed by atoms with Gasteiger partial charge in [0.15, 0.2) is 0 Å². The lowest BCUT2D eigenvalue weighted by atomic mass is 10.1. The van der Waals surface area contributed by atoms with Crippen LogP contribution in [-0.2, 0) is 6.54 Å². The molecule has 0 bridgehead atoms. The van der Waals surface area contributed by atoms with Gasteiger partial charge in [-0.25, -0.2) is 9.97 Å². The van der Waals surface area contributed by atoms with Gasteiger partial charge in [-0.2, -0.15) is 0 Å². The minimum Gasteiger partial charge on any atom is -0.366 e. The van der Waals surface area contributed by atoms with Crippen molar-refractivity contribution in [1.29, 1.82) is 0 Å². The summed E-state index contributed by atoms with van der Waals surface area (Å²) in [6.07, 6.45) is 1.77. The molecule has 0 saturated heterocycles. The van der Waals surface area contributed by atoms with Crippen molar-refractivity contribution >= 4 is 51.3 Å². The van der Waals surface area contributed by atoms with E-state index in [9.17, 15) is 0 Å². The van der Waals surface area contributed by atoms with Crippen molar-refractivity contribution in [1.82, 2.24) is 15.0 Å². The smallest absolute Gasteiger partial charge is 0.224 e. The summed E-state index contributed by atoms with van der Waals surface area (Å²) in [6, 6.07) is 17.7. The first-order valence-electron chi connectivity index (χ1n) is 8.72. The van der Waals surface area contributed by atoms with Crippen molar-refractivity contribution in [2.24, 2.45) is 0 Å². The molecule has 4 aromatic rings. The van der Waals surface area contributed by atoms with E-state index in [0.717, 1.165) is 33.5 Å². The third-order valence-corrected chi connectivity index (χ3v) is 4.62. The number of aromatic nitrogens is 3. The maximum Gasteiger partial charge on any atom is 0.224 e. The van der Waals surface area contributed by atoms with Gasteiger partial charge in [-0.1, -0.05) is 23.7 Å². The summed E-state index contributed by atoms with van der Waals surface area (Å²) < 4.78 is 0. The van der Waals surface area contributed by atoms with E-state index in [1.165, 1.54) is 0 Å². The van der Waals surface area contributed by atoms with Crippen LogP contribution >= 0.6 is 23.2 Å². The number of benzene rings is 2. The highest BCUT2D eigenvalue weighted by Crippen LogP contribution is 2.27. The van der Waals surface area contributed by atoms with Crippen molar-refractivity contribution in [3.63, 3.8) is 0 Å². The van der Waals surface area contributed by atoms with Crippen LogP contribution in [0.5, 0.6) is 0 Å². The van der Waals surface area contributed by atoms with Crippen LogP contribution in [0, 0.1) is 6.92 Å². The highest BCUT2D eigenvalue weighted by atomic mass is 35.5. The van der Waals surface area contributed by atoms with E-state index in [2.05, 4.69) is 37.7 Å². The van der Waals surface area contributed by atoms with Gasteiger partial charge >= 0.3 is 0 Å². The van der Waals surface area contributed by atoms with Crippen molar-refractivity contribution < 1.29 is 0 Å². The molecule has 0 amide bonds. The van der Waals surface area contributed by atoms with Gasteiger partial charge in [-0.05, 0) is 60.5 Å². The van der Waals surface area contributed by atoms with E-state index >= 15 is 0 Å². The Morgan fingerprint density at radius 2 is 1.86 bits per heavy atom. The molecule has 140 valence electrons. The Morgan fingerprint density at radius 3 is 2.71 bits per heavy atom. The Hall–Kier alpha value is -2.89. The normalized spacial score (nSPS) is 10.8. The van der Waals surface area contributed by atoms with Crippen LogP contribution in [-0.4, -0.2) is 15.0 Å². The molecule has 2 aromatic heterocycles. The number of hydrogen-bond acceptors (Lipinski definition) is 5. The highest BCUT2D eigenvalue weighted by molar-refractivity contribution is 6.31. The molecule has 7 heteroatoms.